The summed E-state index contributed by atoms with van der Waals surface area (Å²) in [5, 5.41) is 11.4. The van der Waals surface area contributed by atoms with E-state index in [-0.39, 0.29) is 24.9 Å². The molecule has 11 heteroatoms. The molecule has 3 N–H and O–H groups in total. The molecule has 1 aliphatic heterocycles. The van der Waals surface area contributed by atoms with Gasteiger partial charge in [-0.3, -0.25) is 4.79 Å². The average Bonchev–Trinajstić information content (AvgIpc) is 2.96. The van der Waals surface area contributed by atoms with Crippen LogP contribution in [0.4, 0.5) is 4.79 Å². The van der Waals surface area contributed by atoms with Crippen LogP contribution in [-0.4, -0.2) is 50.5 Å². The van der Waals surface area contributed by atoms with Gasteiger partial charge >= 0.3 is 12.0 Å². The zero-order valence-electron chi connectivity index (χ0n) is 24.1. The topological polar surface area (TPSA) is 137 Å². The predicted molar refractivity (Wildman–Crippen MR) is 158 cm³/mol. The van der Waals surface area contributed by atoms with Gasteiger partial charge in [-0.2, -0.15) is 5.10 Å². The van der Waals surface area contributed by atoms with Gasteiger partial charge in [-0.15, -0.1) is 0 Å². The van der Waals surface area contributed by atoms with Gasteiger partial charge in [0.1, 0.15) is 5.75 Å². The first-order valence-electron chi connectivity index (χ1n) is 13.5. The Labute approximate surface area is 243 Å². The number of allylic oxidation sites excluding steroid dienone is 1. The summed E-state index contributed by atoms with van der Waals surface area (Å²) in [6.45, 7) is 7.07. The highest BCUT2D eigenvalue weighted by Gasteiger charge is 2.32. The van der Waals surface area contributed by atoms with Crippen molar-refractivity contribution >= 4 is 34.9 Å². The van der Waals surface area contributed by atoms with Gasteiger partial charge in [-0.1, -0.05) is 36.4 Å². The molecule has 3 amide bonds. The second kappa shape index (κ2) is 13.5. The molecule has 0 saturated carbocycles. The summed E-state index contributed by atoms with van der Waals surface area (Å²) in [7, 11) is 1.45. The van der Waals surface area contributed by atoms with Crippen molar-refractivity contribution in [3.8, 4) is 17.2 Å². The summed E-state index contributed by atoms with van der Waals surface area (Å²) in [6.07, 6.45) is 1.52. The molecule has 1 heterocycles. The number of hydrogen-bond acceptors (Lipinski definition) is 8. The Hall–Kier alpha value is -5.06. The maximum absolute atomic E-state index is 12.6. The third kappa shape index (κ3) is 6.98. The molecule has 0 unspecified atom stereocenters. The fourth-order valence-electron chi connectivity index (χ4n) is 4.52. The van der Waals surface area contributed by atoms with Gasteiger partial charge in [0.25, 0.3) is 5.91 Å². The Kier molecular flexibility index (Phi) is 9.64. The van der Waals surface area contributed by atoms with Crippen molar-refractivity contribution in [2.24, 2.45) is 5.10 Å². The molecular formula is C31H34N4O7. The number of benzene rings is 3. The molecule has 0 spiro atoms. The first kappa shape index (κ1) is 29.9. The van der Waals surface area contributed by atoms with E-state index in [9.17, 15) is 14.4 Å². The van der Waals surface area contributed by atoms with E-state index in [4.69, 9.17) is 18.9 Å². The molecule has 1 atom stereocenters. The molecule has 4 rings (SSSR count). The van der Waals surface area contributed by atoms with Crippen LogP contribution >= 0.6 is 0 Å². The van der Waals surface area contributed by atoms with Crippen LogP contribution in [0.5, 0.6) is 17.2 Å². The molecule has 0 aliphatic carbocycles. The van der Waals surface area contributed by atoms with Gasteiger partial charge in [0.05, 0.1) is 37.7 Å². The number of urea groups is 1. The molecule has 11 nitrogen and oxygen atoms in total. The lowest BCUT2D eigenvalue weighted by Crippen LogP contribution is -2.45. The van der Waals surface area contributed by atoms with Crippen LogP contribution in [0.25, 0.3) is 10.8 Å². The number of nitrogens with one attached hydrogen (secondary N) is 3. The normalized spacial score (nSPS) is 14.9. The third-order valence-electron chi connectivity index (χ3n) is 6.32. The fraction of sp³-hybridized carbons (Fsp3) is 0.290. The predicted octanol–water partition coefficient (Wildman–Crippen LogP) is 4.36. The number of nitrogens with zero attached hydrogens (tertiary/aromatic N) is 1. The van der Waals surface area contributed by atoms with Gasteiger partial charge in [0.15, 0.2) is 18.1 Å². The molecule has 0 radical (unpaired) electrons. The van der Waals surface area contributed by atoms with E-state index in [0.29, 0.717) is 28.5 Å². The first-order chi connectivity index (χ1) is 20.2. The monoisotopic (exact) mass is 574 g/mol. The van der Waals surface area contributed by atoms with E-state index in [2.05, 4.69) is 21.2 Å². The van der Waals surface area contributed by atoms with Gasteiger partial charge in [0, 0.05) is 11.3 Å². The maximum Gasteiger partial charge on any atom is 0.338 e. The minimum absolute atomic E-state index is 0.0366. The second-order valence-electron chi connectivity index (χ2n) is 9.65. The molecule has 0 bridgehead atoms. The summed E-state index contributed by atoms with van der Waals surface area (Å²) >= 11 is 0. The highest BCUT2D eigenvalue weighted by molar-refractivity contribution is 6.02. The first-order valence-corrected chi connectivity index (χ1v) is 13.5. The summed E-state index contributed by atoms with van der Waals surface area (Å²) in [6, 6.07) is 15.4. The van der Waals surface area contributed by atoms with Crippen molar-refractivity contribution in [3.05, 3.63) is 77.0 Å². The van der Waals surface area contributed by atoms with Crippen molar-refractivity contribution in [3.63, 3.8) is 0 Å². The van der Waals surface area contributed by atoms with E-state index in [1.165, 1.54) is 7.11 Å². The number of ether oxygens (including phenoxy) is 4. The zero-order valence-corrected chi connectivity index (χ0v) is 24.1. The molecule has 42 heavy (non-hydrogen) atoms. The summed E-state index contributed by atoms with van der Waals surface area (Å²) < 4.78 is 22.3. The smallest absolute Gasteiger partial charge is 0.338 e. The number of methoxy groups -OCH3 is 1. The Bertz CT molecular complexity index is 1550. The lowest BCUT2D eigenvalue weighted by molar-refractivity contribution is -0.139. The van der Waals surface area contributed by atoms with E-state index in [1.54, 1.807) is 38.3 Å². The zero-order chi connectivity index (χ0) is 30.2. The number of carbonyl (C=O) groups excluding carboxylic acids is 3. The third-order valence-corrected chi connectivity index (χ3v) is 6.32. The minimum Gasteiger partial charge on any atom is -0.493 e. The van der Waals surface area contributed by atoms with Crippen LogP contribution in [0.3, 0.4) is 0 Å². The number of hydrogen-bond donors (Lipinski definition) is 3. The average molecular weight is 575 g/mol. The molecular weight excluding hydrogens is 540 g/mol. The number of rotatable bonds is 11. The molecule has 3 aromatic rings. The molecule has 0 aromatic heterocycles. The SMILES string of the molecule is CCOC(=O)C1=C(C)NC(=O)N[C@H]1c1ccc(OCC(=O)N/N=C/c2c(OC(C)C)ccc3ccccc23)c(OC)c1. The minimum atomic E-state index is -0.767. The second-order valence-corrected chi connectivity index (χ2v) is 9.65. The van der Waals surface area contributed by atoms with Crippen molar-refractivity contribution < 1.29 is 33.3 Å². The number of carbonyl (C=O) groups is 3. The number of hydrazone groups is 1. The van der Waals surface area contributed by atoms with Gasteiger partial charge in [0.2, 0.25) is 0 Å². The number of esters is 1. The molecule has 0 saturated heterocycles. The Morgan fingerprint density at radius 1 is 1.07 bits per heavy atom. The summed E-state index contributed by atoms with van der Waals surface area (Å²) in [5.41, 5.74) is 4.47. The van der Waals surface area contributed by atoms with Gasteiger partial charge in [-0.25, -0.2) is 15.0 Å². The van der Waals surface area contributed by atoms with Crippen LogP contribution in [0.15, 0.2) is 71.0 Å². The van der Waals surface area contributed by atoms with Crippen LogP contribution < -0.4 is 30.3 Å². The van der Waals surface area contributed by atoms with E-state index in [1.807, 2.05) is 50.2 Å². The van der Waals surface area contributed by atoms with Crippen molar-refractivity contribution in [1.29, 1.82) is 0 Å². The van der Waals surface area contributed by atoms with Crippen molar-refractivity contribution in [1.82, 2.24) is 16.1 Å². The molecule has 0 fully saturated rings. The van der Waals surface area contributed by atoms with Gasteiger partial charge in [-0.05, 0) is 62.2 Å². The van der Waals surface area contributed by atoms with E-state index >= 15 is 0 Å². The Balaban J connectivity index is 1.46. The van der Waals surface area contributed by atoms with Crippen molar-refractivity contribution in [2.75, 3.05) is 20.3 Å². The number of fused-ring (bicyclic) bond motifs is 1. The van der Waals surface area contributed by atoms with Gasteiger partial charge < -0.3 is 29.6 Å². The summed E-state index contributed by atoms with van der Waals surface area (Å²) in [5.74, 6) is 0.223. The van der Waals surface area contributed by atoms with Crippen molar-refractivity contribution in [2.45, 2.75) is 39.8 Å². The quantitative estimate of drug-likeness (QED) is 0.176. The Morgan fingerprint density at radius 2 is 1.83 bits per heavy atom. The molecule has 220 valence electrons. The van der Waals surface area contributed by atoms with Crippen LogP contribution in [0, 0.1) is 0 Å². The highest BCUT2D eigenvalue weighted by atomic mass is 16.5. The maximum atomic E-state index is 12.6. The van der Waals surface area contributed by atoms with Crippen LogP contribution in [0.1, 0.15) is 44.9 Å². The van der Waals surface area contributed by atoms with Crippen LogP contribution in [-0.2, 0) is 14.3 Å². The van der Waals surface area contributed by atoms with Crippen LogP contribution in [0.2, 0.25) is 0 Å². The Morgan fingerprint density at radius 3 is 2.57 bits per heavy atom. The fourth-order valence-corrected chi connectivity index (χ4v) is 4.52. The summed E-state index contributed by atoms with van der Waals surface area (Å²) in [4.78, 5) is 37.3. The molecule has 1 aliphatic rings. The van der Waals surface area contributed by atoms with E-state index in [0.717, 1.165) is 16.3 Å². The molecule has 3 aromatic carbocycles. The lowest BCUT2D eigenvalue weighted by Gasteiger charge is -2.28. The lowest BCUT2D eigenvalue weighted by atomic mass is 9.95. The van der Waals surface area contributed by atoms with E-state index < -0.39 is 23.9 Å². The standard InChI is InChI=1S/C31H34N4O7/c1-6-40-30(37)28-19(4)33-31(38)34-29(28)21-12-14-25(26(15-21)39-5)41-17-27(36)35-32-16-23-22-10-8-7-9-20(22)11-13-24(23)42-18(2)3/h7-16,18,29H,6,17H2,1-5H3,(H,35,36)(H2,33,34,38)/b32-16+/t29-/m0/s1. The largest absolute Gasteiger partial charge is 0.493 e. The number of amides is 3. The highest BCUT2D eigenvalue weighted by Crippen LogP contribution is 2.34.